The summed E-state index contributed by atoms with van der Waals surface area (Å²) in [4.78, 5) is 11.3. The van der Waals surface area contributed by atoms with E-state index in [4.69, 9.17) is 4.74 Å². The van der Waals surface area contributed by atoms with Crippen molar-refractivity contribution in [3.8, 4) is 0 Å². The van der Waals surface area contributed by atoms with E-state index in [1.165, 1.54) is 26.4 Å². The summed E-state index contributed by atoms with van der Waals surface area (Å²) in [5, 5.41) is 3.39. The summed E-state index contributed by atoms with van der Waals surface area (Å²) < 4.78 is 4.72. The average Bonchev–Trinajstić information content (AvgIpc) is 2.22. The minimum absolute atomic E-state index is 0.167. The summed E-state index contributed by atoms with van der Waals surface area (Å²) in [7, 11) is 1.44. The fourth-order valence-corrected chi connectivity index (χ4v) is 2.54. The molecule has 0 amide bonds. The molecular formula is C12H23NO2. The highest BCUT2D eigenvalue weighted by molar-refractivity contribution is 5.75. The summed E-state index contributed by atoms with van der Waals surface area (Å²) in [5.41, 5.74) is 0. The number of esters is 1. The Morgan fingerprint density at radius 2 is 1.87 bits per heavy atom. The van der Waals surface area contributed by atoms with Crippen molar-refractivity contribution in [1.82, 2.24) is 5.32 Å². The molecule has 1 saturated carbocycles. The van der Waals surface area contributed by atoms with Crippen LogP contribution in [-0.4, -0.2) is 25.2 Å². The number of rotatable bonds is 3. The van der Waals surface area contributed by atoms with Crippen LogP contribution in [0.3, 0.4) is 0 Å². The van der Waals surface area contributed by atoms with Crippen LogP contribution in [0.4, 0.5) is 0 Å². The second-order valence-corrected chi connectivity index (χ2v) is 4.82. The fraction of sp³-hybridized carbons (Fsp3) is 0.917. The fourth-order valence-electron chi connectivity index (χ4n) is 2.54. The Labute approximate surface area is 92.6 Å². The molecule has 0 aliphatic heterocycles. The van der Waals surface area contributed by atoms with Crippen molar-refractivity contribution in [1.29, 1.82) is 0 Å². The van der Waals surface area contributed by atoms with E-state index >= 15 is 0 Å². The molecule has 0 bridgehead atoms. The SMILES string of the molecule is COC(=O)[C@H](C)NC1C(C)CCCC1C. The summed E-state index contributed by atoms with van der Waals surface area (Å²) in [5.74, 6) is 1.14. The molecule has 0 radical (unpaired) electrons. The minimum atomic E-state index is -0.192. The zero-order chi connectivity index (χ0) is 11.4. The third-order valence-electron chi connectivity index (χ3n) is 3.54. The lowest BCUT2D eigenvalue weighted by molar-refractivity contribution is -0.143. The Bertz CT molecular complexity index is 208. The van der Waals surface area contributed by atoms with Gasteiger partial charge in [-0.15, -0.1) is 0 Å². The van der Waals surface area contributed by atoms with Gasteiger partial charge in [0.15, 0.2) is 0 Å². The van der Waals surface area contributed by atoms with Crippen molar-refractivity contribution >= 4 is 5.97 Å². The van der Waals surface area contributed by atoms with Gasteiger partial charge in [0.2, 0.25) is 0 Å². The van der Waals surface area contributed by atoms with Crippen LogP contribution in [0.1, 0.15) is 40.0 Å². The van der Waals surface area contributed by atoms with Gasteiger partial charge in [-0.1, -0.05) is 20.3 Å². The van der Waals surface area contributed by atoms with Crippen LogP contribution in [0.15, 0.2) is 0 Å². The first-order valence-electron chi connectivity index (χ1n) is 5.90. The Morgan fingerprint density at radius 1 is 1.33 bits per heavy atom. The first-order valence-corrected chi connectivity index (χ1v) is 5.90. The predicted octanol–water partition coefficient (Wildman–Crippen LogP) is 1.96. The topological polar surface area (TPSA) is 38.3 Å². The molecule has 0 spiro atoms. The zero-order valence-corrected chi connectivity index (χ0v) is 10.2. The monoisotopic (exact) mass is 213 g/mol. The van der Waals surface area contributed by atoms with Crippen molar-refractivity contribution < 1.29 is 9.53 Å². The first kappa shape index (κ1) is 12.5. The van der Waals surface area contributed by atoms with E-state index in [2.05, 4.69) is 19.2 Å². The van der Waals surface area contributed by atoms with Crippen molar-refractivity contribution in [2.24, 2.45) is 11.8 Å². The highest BCUT2D eigenvalue weighted by Gasteiger charge is 2.30. The summed E-state index contributed by atoms with van der Waals surface area (Å²) in [6.07, 6.45) is 3.83. The van der Waals surface area contributed by atoms with Gasteiger partial charge in [-0.05, 0) is 31.6 Å². The molecule has 0 saturated heterocycles. The molecule has 3 nitrogen and oxygen atoms in total. The maximum Gasteiger partial charge on any atom is 0.322 e. The van der Waals surface area contributed by atoms with E-state index in [-0.39, 0.29) is 12.0 Å². The molecule has 1 aliphatic carbocycles. The highest BCUT2D eigenvalue weighted by atomic mass is 16.5. The van der Waals surface area contributed by atoms with E-state index in [1.54, 1.807) is 0 Å². The van der Waals surface area contributed by atoms with Crippen molar-refractivity contribution in [3.05, 3.63) is 0 Å². The van der Waals surface area contributed by atoms with Crippen molar-refractivity contribution in [2.75, 3.05) is 7.11 Å². The second-order valence-electron chi connectivity index (χ2n) is 4.82. The van der Waals surface area contributed by atoms with Gasteiger partial charge < -0.3 is 10.1 Å². The summed E-state index contributed by atoms with van der Waals surface area (Å²) >= 11 is 0. The van der Waals surface area contributed by atoms with Gasteiger partial charge in [0, 0.05) is 6.04 Å². The number of ether oxygens (including phenoxy) is 1. The molecule has 1 aliphatic rings. The largest absolute Gasteiger partial charge is 0.468 e. The van der Waals surface area contributed by atoms with Gasteiger partial charge in [0.1, 0.15) is 6.04 Å². The lowest BCUT2D eigenvalue weighted by atomic mass is 9.78. The molecule has 88 valence electrons. The molecule has 0 aromatic carbocycles. The normalized spacial score (nSPS) is 33.5. The molecule has 3 heteroatoms. The number of hydrogen-bond acceptors (Lipinski definition) is 3. The highest BCUT2D eigenvalue weighted by Crippen LogP contribution is 2.29. The second kappa shape index (κ2) is 5.50. The lowest BCUT2D eigenvalue weighted by Gasteiger charge is -2.36. The molecule has 0 aromatic rings. The molecule has 0 aromatic heterocycles. The number of carbonyl (C=O) groups is 1. The predicted molar refractivity (Wildman–Crippen MR) is 60.6 cm³/mol. The Balaban J connectivity index is 2.50. The molecule has 0 heterocycles. The molecular weight excluding hydrogens is 190 g/mol. The van der Waals surface area contributed by atoms with E-state index in [0.717, 1.165) is 0 Å². The van der Waals surface area contributed by atoms with Gasteiger partial charge in [-0.2, -0.15) is 0 Å². The Kier molecular flexibility index (Phi) is 4.58. The third-order valence-corrected chi connectivity index (χ3v) is 3.54. The van der Waals surface area contributed by atoms with Crippen molar-refractivity contribution in [2.45, 2.75) is 52.1 Å². The number of methoxy groups -OCH3 is 1. The van der Waals surface area contributed by atoms with E-state index in [9.17, 15) is 4.79 Å². The summed E-state index contributed by atoms with van der Waals surface area (Å²) in [6, 6.07) is 0.260. The van der Waals surface area contributed by atoms with Crippen LogP contribution in [0.5, 0.6) is 0 Å². The van der Waals surface area contributed by atoms with E-state index in [0.29, 0.717) is 17.9 Å². The molecule has 1 rings (SSSR count). The standard InChI is InChI=1S/C12H23NO2/c1-8-6-5-7-9(2)11(8)13-10(3)12(14)15-4/h8-11,13H,5-7H2,1-4H3/t8?,9?,10-,11?/m0/s1. The van der Waals surface area contributed by atoms with E-state index in [1.807, 2.05) is 6.92 Å². The van der Waals surface area contributed by atoms with Gasteiger partial charge in [-0.25, -0.2) is 0 Å². The quantitative estimate of drug-likeness (QED) is 0.728. The van der Waals surface area contributed by atoms with Gasteiger partial charge >= 0.3 is 5.97 Å². The average molecular weight is 213 g/mol. The molecule has 15 heavy (non-hydrogen) atoms. The van der Waals surface area contributed by atoms with Crippen LogP contribution in [0.25, 0.3) is 0 Å². The third kappa shape index (κ3) is 3.20. The maximum absolute atomic E-state index is 11.3. The maximum atomic E-state index is 11.3. The number of carbonyl (C=O) groups excluding carboxylic acids is 1. The molecule has 1 fully saturated rings. The molecule has 3 atom stereocenters. The zero-order valence-electron chi connectivity index (χ0n) is 10.2. The molecule has 1 N–H and O–H groups in total. The van der Waals surface area contributed by atoms with Crippen LogP contribution < -0.4 is 5.32 Å². The van der Waals surface area contributed by atoms with Gasteiger partial charge in [0.25, 0.3) is 0 Å². The smallest absolute Gasteiger partial charge is 0.322 e. The van der Waals surface area contributed by atoms with Gasteiger partial charge in [-0.3, -0.25) is 4.79 Å². The van der Waals surface area contributed by atoms with E-state index < -0.39 is 0 Å². The Morgan fingerprint density at radius 3 is 2.33 bits per heavy atom. The van der Waals surface area contributed by atoms with Gasteiger partial charge in [0.05, 0.1) is 7.11 Å². The first-order chi connectivity index (χ1) is 7.06. The van der Waals surface area contributed by atoms with Crippen LogP contribution in [0, 0.1) is 11.8 Å². The minimum Gasteiger partial charge on any atom is -0.468 e. The lowest BCUT2D eigenvalue weighted by Crippen LogP contribution is -2.49. The van der Waals surface area contributed by atoms with Crippen LogP contribution in [0.2, 0.25) is 0 Å². The Hall–Kier alpha value is -0.570. The summed E-state index contributed by atoms with van der Waals surface area (Å²) in [6.45, 7) is 6.40. The molecule has 2 unspecified atom stereocenters. The van der Waals surface area contributed by atoms with Crippen molar-refractivity contribution in [3.63, 3.8) is 0 Å². The van der Waals surface area contributed by atoms with Crippen LogP contribution >= 0.6 is 0 Å². The van der Waals surface area contributed by atoms with Crippen LogP contribution in [-0.2, 0) is 9.53 Å². The number of nitrogens with one attached hydrogen (secondary N) is 1. The number of hydrogen-bond donors (Lipinski definition) is 1.